The third kappa shape index (κ3) is 6.09. The largest absolute Gasteiger partial charge is 0.356 e. The zero-order valence-corrected chi connectivity index (χ0v) is 15.7. The highest BCUT2D eigenvalue weighted by Crippen LogP contribution is 2.09. The SMILES string of the molecule is O=C(CCc1cnn(-c2ccccc2)c1)NCCC(=O)NCc1ccccc1. The van der Waals surface area contributed by atoms with Crippen molar-refractivity contribution in [2.24, 2.45) is 0 Å². The molecule has 0 bridgehead atoms. The molecule has 0 aliphatic heterocycles. The van der Waals surface area contributed by atoms with Gasteiger partial charge >= 0.3 is 0 Å². The molecule has 2 amide bonds. The van der Waals surface area contributed by atoms with E-state index in [-0.39, 0.29) is 18.2 Å². The van der Waals surface area contributed by atoms with Crippen LogP contribution in [0.1, 0.15) is 24.0 Å². The first-order chi connectivity index (χ1) is 13.7. The summed E-state index contributed by atoms with van der Waals surface area (Å²) >= 11 is 0. The Balaban J connectivity index is 1.32. The second-order valence-corrected chi connectivity index (χ2v) is 6.49. The molecule has 144 valence electrons. The van der Waals surface area contributed by atoms with Crippen LogP contribution in [0.4, 0.5) is 0 Å². The zero-order chi connectivity index (χ0) is 19.6. The van der Waals surface area contributed by atoms with Gasteiger partial charge in [0.15, 0.2) is 0 Å². The van der Waals surface area contributed by atoms with E-state index in [4.69, 9.17) is 0 Å². The van der Waals surface area contributed by atoms with Gasteiger partial charge in [-0.25, -0.2) is 4.68 Å². The highest BCUT2D eigenvalue weighted by Gasteiger charge is 2.07. The quantitative estimate of drug-likeness (QED) is 0.603. The first kappa shape index (κ1) is 19.4. The molecular weight excluding hydrogens is 352 g/mol. The molecule has 0 radical (unpaired) electrons. The molecule has 0 aliphatic carbocycles. The Morgan fingerprint density at radius 3 is 2.25 bits per heavy atom. The third-order valence-electron chi connectivity index (χ3n) is 4.30. The van der Waals surface area contributed by atoms with Crippen molar-refractivity contribution in [2.45, 2.75) is 25.8 Å². The summed E-state index contributed by atoms with van der Waals surface area (Å²) in [4.78, 5) is 23.8. The molecule has 0 spiro atoms. The van der Waals surface area contributed by atoms with Gasteiger partial charge in [0.05, 0.1) is 11.9 Å². The summed E-state index contributed by atoms with van der Waals surface area (Å²) in [6, 6.07) is 19.6. The fourth-order valence-corrected chi connectivity index (χ4v) is 2.76. The summed E-state index contributed by atoms with van der Waals surface area (Å²) < 4.78 is 1.80. The Labute approximate surface area is 164 Å². The fourth-order valence-electron chi connectivity index (χ4n) is 2.76. The van der Waals surface area contributed by atoms with Crippen molar-refractivity contribution in [3.8, 4) is 5.69 Å². The van der Waals surface area contributed by atoms with Crippen LogP contribution in [-0.2, 0) is 22.6 Å². The number of aryl methyl sites for hydroxylation is 1. The van der Waals surface area contributed by atoms with Gasteiger partial charge in [0.2, 0.25) is 11.8 Å². The van der Waals surface area contributed by atoms with Crippen molar-refractivity contribution in [2.75, 3.05) is 6.54 Å². The van der Waals surface area contributed by atoms with E-state index >= 15 is 0 Å². The number of nitrogens with zero attached hydrogens (tertiary/aromatic N) is 2. The minimum Gasteiger partial charge on any atom is -0.356 e. The van der Waals surface area contributed by atoms with Gasteiger partial charge in [-0.2, -0.15) is 5.10 Å². The Morgan fingerprint density at radius 2 is 1.50 bits per heavy atom. The average Bonchev–Trinajstić information content (AvgIpc) is 3.21. The molecule has 3 rings (SSSR count). The normalized spacial score (nSPS) is 10.4. The van der Waals surface area contributed by atoms with Gasteiger partial charge in [0.1, 0.15) is 0 Å². The summed E-state index contributed by atoms with van der Waals surface area (Å²) in [6.07, 6.45) is 4.95. The molecule has 0 saturated heterocycles. The Bertz CT molecular complexity index is 891. The summed E-state index contributed by atoms with van der Waals surface area (Å²) in [5.74, 6) is -0.142. The van der Waals surface area contributed by atoms with Crippen LogP contribution in [0.15, 0.2) is 73.1 Å². The number of hydrogen-bond acceptors (Lipinski definition) is 3. The predicted octanol–water partition coefficient (Wildman–Crippen LogP) is 2.63. The van der Waals surface area contributed by atoms with Crippen LogP contribution >= 0.6 is 0 Å². The Kier molecular flexibility index (Phi) is 6.95. The lowest BCUT2D eigenvalue weighted by Gasteiger charge is -2.07. The lowest BCUT2D eigenvalue weighted by atomic mass is 10.2. The molecule has 28 heavy (non-hydrogen) atoms. The zero-order valence-electron chi connectivity index (χ0n) is 15.7. The van der Waals surface area contributed by atoms with Crippen LogP contribution in [0, 0.1) is 0 Å². The summed E-state index contributed by atoms with van der Waals surface area (Å²) in [5.41, 5.74) is 3.04. The first-order valence-corrected chi connectivity index (χ1v) is 9.37. The Hall–Kier alpha value is -3.41. The molecule has 3 aromatic rings. The van der Waals surface area contributed by atoms with Crippen LogP contribution in [-0.4, -0.2) is 28.1 Å². The van der Waals surface area contributed by atoms with E-state index in [1.54, 1.807) is 10.9 Å². The van der Waals surface area contributed by atoms with E-state index in [2.05, 4.69) is 15.7 Å². The topological polar surface area (TPSA) is 76.0 Å². The predicted molar refractivity (Wildman–Crippen MR) is 108 cm³/mol. The minimum absolute atomic E-state index is 0.0664. The molecule has 2 aromatic carbocycles. The lowest BCUT2D eigenvalue weighted by Crippen LogP contribution is -2.30. The summed E-state index contributed by atoms with van der Waals surface area (Å²) in [6.45, 7) is 0.835. The van der Waals surface area contributed by atoms with E-state index in [0.29, 0.717) is 25.9 Å². The highest BCUT2D eigenvalue weighted by molar-refractivity contribution is 5.79. The van der Waals surface area contributed by atoms with Crippen LogP contribution < -0.4 is 10.6 Å². The van der Waals surface area contributed by atoms with Gasteiger partial charge in [-0.3, -0.25) is 9.59 Å². The van der Waals surface area contributed by atoms with E-state index in [1.807, 2.05) is 66.9 Å². The molecule has 0 atom stereocenters. The number of rotatable bonds is 9. The number of carbonyl (C=O) groups excluding carboxylic acids is 2. The molecule has 2 N–H and O–H groups in total. The maximum absolute atomic E-state index is 12.0. The van der Waals surface area contributed by atoms with E-state index in [9.17, 15) is 9.59 Å². The number of para-hydroxylation sites is 1. The smallest absolute Gasteiger partial charge is 0.222 e. The van der Waals surface area contributed by atoms with Crippen molar-refractivity contribution < 1.29 is 9.59 Å². The van der Waals surface area contributed by atoms with Crippen molar-refractivity contribution in [1.82, 2.24) is 20.4 Å². The minimum atomic E-state index is -0.0757. The first-order valence-electron chi connectivity index (χ1n) is 9.37. The monoisotopic (exact) mass is 376 g/mol. The third-order valence-corrected chi connectivity index (χ3v) is 4.30. The number of hydrogen-bond donors (Lipinski definition) is 2. The maximum Gasteiger partial charge on any atom is 0.222 e. The molecule has 6 nitrogen and oxygen atoms in total. The molecule has 0 aliphatic rings. The number of carbonyl (C=O) groups is 2. The van der Waals surface area contributed by atoms with E-state index < -0.39 is 0 Å². The second-order valence-electron chi connectivity index (χ2n) is 6.49. The van der Waals surface area contributed by atoms with Gasteiger partial charge in [0.25, 0.3) is 0 Å². The molecule has 0 fully saturated rings. The van der Waals surface area contributed by atoms with Crippen LogP contribution in [0.25, 0.3) is 5.69 Å². The number of aromatic nitrogens is 2. The van der Waals surface area contributed by atoms with Crippen molar-refractivity contribution in [3.63, 3.8) is 0 Å². The molecule has 0 saturated carbocycles. The maximum atomic E-state index is 12.0. The van der Waals surface area contributed by atoms with Gasteiger partial charge in [-0.15, -0.1) is 0 Å². The fraction of sp³-hybridized carbons (Fsp3) is 0.227. The van der Waals surface area contributed by atoms with Crippen molar-refractivity contribution in [1.29, 1.82) is 0 Å². The average molecular weight is 376 g/mol. The number of benzene rings is 2. The van der Waals surface area contributed by atoms with E-state index in [1.165, 1.54) is 0 Å². The number of nitrogens with one attached hydrogen (secondary N) is 2. The van der Waals surface area contributed by atoms with E-state index in [0.717, 1.165) is 16.8 Å². The van der Waals surface area contributed by atoms with Gasteiger partial charge < -0.3 is 10.6 Å². The standard InChI is InChI=1S/C22H24N4O2/c27-21(23-14-13-22(28)24-15-18-7-3-1-4-8-18)12-11-19-16-25-26(17-19)20-9-5-2-6-10-20/h1-10,16-17H,11-15H2,(H,23,27)(H,24,28). The van der Waals surface area contributed by atoms with Crippen LogP contribution in [0.5, 0.6) is 0 Å². The van der Waals surface area contributed by atoms with Crippen LogP contribution in [0.2, 0.25) is 0 Å². The van der Waals surface area contributed by atoms with Crippen LogP contribution in [0.3, 0.4) is 0 Å². The van der Waals surface area contributed by atoms with Crippen molar-refractivity contribution in [3.05, 3.63) is 84.2 Å². The molecule has 6 heteroatoms. The molecule has 0 unspecified atom stereocenters. The van der Waals surface area contributed by atoms with Crippen molar-refractivity contribution >= 4 is 11.8 Å². The summed E-state index contributed by atoms with van der Waals surface area (Å²) in [5, 5.41) is 9.97. The lowest BCUT2D eigenvalue weighted by molar-refractivity contribution is -0.122. The molecule has 1 heterocycles. The van der Waals surface area contributed by atoms with Gasteiger partial charge in [-0.1, -0.05) is 48.5 Å². The van der Waals surface area contributed by atoms with Gasteiger partial charge in [-0.05, 0) is 29.7 Å². The molecular formula is C22H24N4O2. The van der Waals surface area contributed by atoms with Gasteiger partial charge in [0, 0.05) is 32.1 Å². The highest BCUT2D eigenvalue weighted by atomic mass is 16.2. The number of amides is 2. The Morgan fingerprint density at radius 1 is 0.821 bits per heavy atom. The summed E-state index contributed by atoms with van der Waals surface area (Å²) in [7, 11) is 0. The molecule has 1 aromatic heterocycles. The second kappa shape index (κ2) is 10.1.